The van der Waals surface area contributed by atoms with E-state index in [9.17, 15) is 27.6 Å². The van der Waals surface area contributed by atoms with E-state index in [0.29, 0.717) is 31.5 Å². The zero-order chi connectivity index (χ0) is 28.0. The number of ketones is 1. The molecule has 0 fully saturated rings. The van der Waals surface area contributed by atoms with E-state index in [1.807, 2.05) is 4.72 Å². The predicted octanol–water partition coefficient (Wildman–Crippen LogP) is -2.07. The SMILES string of the molecule is NCN[C@@H](CCCCNC(=O)CCCS(=O)(=O)NC(=O)CC(C1=NN=NC1)c1nn[nH]n1)C(=O)CC(=O)O. The molecule has 0 saturated heterocycles. The molecule has 0 aromatic carbocycles. The van der Waals surface area contributed by atoms with Crippen molar-refractivity contribution in [1.29, 1.82) is 0 Å². The van der Waals surface area contributed by atoms with Crippen molar-refractivity contribution in [2.24, 2.45) is 21.2 Å². The lowest BCUT2D eigenvalue weighted by atomic mass is 9.98. The molecule has 1 aromatic rings. The van der Waals surface area contributed by atoms with Gasteiger partial charge in [0, 0.05) is 26.1 Å². The van der Waals surface area contributed by atoms with Gasteiger partial charge >= 0.3 is 5.97 Å². The molecular formula is C19H31N11O7S. The second-order valence-electron chi connectivity index (χ2n) is 8.30. The number of Topliss-reactive ketones (excluding diaryl/α,β-unsaturated/α-hetero) is 1. The highest BCUT2D eigenvalue weighted by Crippen LogP contribution is 2.20. The van der Waals surface area contributed by atoms with E-state index in [1.54, 1.807) is 0 Å². The number of aromatic nitrogens is 4. The first-order valence-electron chi connectivity index (χ1n) is 11.8. The maximum Gasteiger partial charge on any atom is 0.310 e. The number of aliphatic carboxylic acids is 1. The van der Waals surface area contributed by atoms with Crippen LogP contribution in [0.25, 0.3) is 0 Å². The van der Waals surface area contributed by atoms with Crippen LogP contribution in [0.1, 0.15) is 56.7 Å². The molecule has 0 radical (unpaired) electrons. The summed E-state index contributed by atoms with van der Waals surface area (Å²) in [6.07, 6.45) is 0.418. The quantitative estimate of drug-likeness (QED) is 0.0607. The van der Waals surface area contributed by atoms with Gasteiger partial charge in [-0.3, -0.25) is 29.2 Å². The summed E-state index contributed by atoms with van der Waals surface area (Å²) in [5.41, 5.74) is 5.78. The van der Waals surface area contributed by atoms with Gasteiger partial charge in [0.1, 0.15) is 13.0 Å². The number of tetrazole rings is 1. The predicted molar refractivity (Wildman–Crippen MR) is 130 cm³/mol. The monoisotopic (exact) mass is 557 g/mol. The summed E-state index contributed by atoms with van der Waals surface area (Å²) in [4.78, 5) is 47.0. The molecule has 2 heterocycles. The summed E-state index contributed by atoms with van der Waals surface area (Å²) in [6, 6.07) is -0.675. The van der Waals surface area contributed by atoms with Crippen LogP contribution >= 0.6 is 0 Å². The minimum Gasteiger partial charge on any atom is -0.481 e. The number of carbonyl (C=O) groups is 4. The fraction of sp³-hybridized carbons (Fsp3) is 0.684. The number of aromatic amines is 1. The number of carbonyl (C=O) groups excluding carboxylic acids is 3. The van der Waals surface area contributed by atoms with Gasteiger partial charge in [-0.05, 0) is 30.9 Å². The number of H-pyrrole nitrogens is 1. The van der Waals surface area contributed by atoms with Gasteiger partial charge < -0.3 is 16.2 Å². The van der Waals surface area contributed by atoms with Crippen LogP contribution in [0.2, 0.25) is 0 Å². The molecule has 1 aliphatic rings. The Labute approximate surface area is 217 Å². The minimum absolute atomic E-state index is 0.0145. The van der Waals surface area contributed by atoms with E-state index in [2.05, 4.69) is 46.7 Å². The summed E-state index contributed by atoms with van der Waals surface area (Å²) >= 11 is 0. The van der Waals surface area contributed by atoms with Gasteiger partial charge in [-0.25, -0.2) is 8.42 Å². The van der Waals surface area contributed by atoms with Gasteiger partial charge in [0.25, 0.3) is 0 Å². The van der Waals surface area contributed by atoms with Crippen molar-refractivity contribution in [3.8, 4) is 0 Å². The average Bonchev–Trinajstić information content (AvgIpc) is 3.55. The third kappa shape index (κ3) is 11.1. The molecule has 0 aliphatic carbocycles. The highest BCUT2D eigenvalue weighted by atomic mass is 32.2. The van der Waals surface area contributed by atoms with Crippen LogP contribution < -0.4 is 21.1 Å². The fourth-order valence-corrected chi connectivity index (χ4v) is 4.59. The number of carboxylic acids is 1. The fourth-order valence-electron chi connectivity index (χ4n) is 3.54. The molecule has 2 atom stereocenters. The summed E-state index contributed by atoms with van der Waals surface area (Å²) in [6.45, 7) is 0.449. The van der Waals surface area contributed by atoms with Crippen LogP contribution in [0, 0.1) is 0 Å². The Hall–Kier alpha value is -3.71. The van der Waals surface area contributed by atoms with Gasteiger partial charge in [0.15, 0.2) is 11.6 Å². The Morgan fingerprint density at radius 2 is 1.92 bits per heavy atom. The van der Waals surface area contributed by atoms with Crippen LogP contribution in [0.4, 0.5) is 0 Å². The zero-order valence-electron chi connectivity index (χ0n) is 20.5. The van der Waals surface area contributed by atoms with Crippen molar-refractivity contribution in [3.05, 3.63) is 5.82 Å². The summed E-state index contributed by atoms with van der Waals surface area (Å²) in [5, 5.41) is 38.5. The Kier molecular flexibility index (Phi) is 12.5. The minimum atomic E-state index is -4.00. The average molecular weight is 558 g/mol. The number of sulfonamides is 1. The van der Waals surface area contributed by atoms with Crippen LogP contribution in [0.15, 0.2) is 15.4 Å². The standard InChI is InChI=1S/C19H31N11O7S/c20-11-22-13(15(31)9-18(34)35)4-1-2-6-21-16(32)5-3-7-38(36,37)27-17(33)8-12(14-10-23-28-24-14)19-25-29-30-26-19/h12-13,22H,1-11,20H2,(H,21,32)(H,27,33)(H,34,35)(H,25,26,29,30)/t12?,13-/m0/s1. The topological polar surface area (TPSA) is 276 Å². The first-order chi connectivity index (χ1) is 18.1. The van der Waals surface area contributed by atoms with Crippen LogP contribution in [-0.4, -0.2) is 95.0 Å². The van der Waals surface area contributed by atoms with Crippen molar-refractivity contribution < 1.29 is 32.7 Å². The van der Waals surface area contributed by atoms with Gasteiger partial charge in [-0.2, -0.15) is 10.3 Å². The molecule has 0 bridgehead atoms. The molecule has 1 aliphatic heterocycles. The van der Waals surface area contributed by atoms with Gasteiger partial charge in [0.05, 0.1) is 23.4 Å². The number of hydrogen-bond donors (Lipinski definition) is 6. The van der Waals surface area contributed by atoms with Crippen molar-refractivity contribution >= 4 is 39.3 Å². The lowest BCUT2D eigenvalue weighted by molar-refractivity contribution is -0.140. The summed E-state index contributed by atoms with van der Waals surface area (Å²) < 4.78 is 26.5. The molecule has 0 saturated carbocycles. The molecule has 18 nitrogen and oxygen atoms in total. The van der Waals surface area contributed by atoms with Crippen LogP contribution in [-0.2, 0) is 29.2 Å². The van der Waals surface area contributed by atoms with Crippen molar-refractivity contribution in [1.82, 2.24) is 36.0 Å². The van der Waals surface area contributed by atoms with E-state index in [4.69, 9.17) is 10.8 Å². The highest BCUT2D eigenvalue weighted by Gasteiger charge is 2.29. The normalized spacial score (nSPS) is 14.5. The molecular weight excluding hydrogens is 526 g/mol. The second kappa shape index (κ2) is 15.5. The number of nitrogens with one attached hydrogen (secondary N) is 4. The molecule has 2 rings (SSSR count). The number of amides is 2. The molecule has 1 unspecified atom stereocenters. The maximum atomic E-state index is 12.4. The zero-order valence-corrected chi connectivity index (χ0v) is 21.3. The van der Waals surface area contributed by atoms with Crippen molar-refractivity contribution in [2.75, 3.05) is 25.5 Å². The molecule has 38 heavy (non-hydrogen) atoms. The maximum absolute atomic E-state index is 12.4. The third-order valence-electron chi connectivity index (χ3n) is 5.34. The molecule has 7 N–H and O–H groups in total. The van der Waals surface area contributed by atoms with Gasteiger partial charge in [0.2, 0.25) is 21.8 Å². The van der Waals surface area contributed by atoms with E-state index >= 15 is 0 Å². The molecule has 1 aromatic heterocycles. The number of nitrogens with two attached hydrogens (primary N) is 1. The number of hydrogen-bond acceptors (Lipinski definition) is 14. The smallest absolute Gasteiger partial charge is 0.310 e. The Morgan fingerprint density at radius 3 is 2.55 bits per heavy atom. The summed E-state index contributed by atoms with van der Waals surface area (Å²) in [7, 11) is -4.00. The van der Waals surface area contributed by atoms with E-state index in [0.717, 1.165) is 0 Å². The summed E-state index contributed by atoms with van der Waals surface area (Å²) in [5.74, 6) is -3.89. The van der Waals surface area contributed by atoms with Crippen LogP contribution in [0.3, 0.4) is 0 Å². The lowest BCUT2D eigenvalue weighted by Gasteiger charge is -2.15. The molecule has 0 spiro atoms. The number of nitrogens with zero attached hydrogens (tertiary/aromatic N) is 6. The Morgan fingerprint density at radius 1 is 1.13 bits per heavy atom. The van der Waals surface area contributed by atoms with E-state index < -0.39 is 51.8 Å². The first kappa shape index (κ1) is 30.5. The Balaban J connectivity index is 1.66. The second-order valence-corrected chi connectivity index (χ2v) is 10.1. The molecule has 210 valence electrons. The Bertz CT molecular complexity index is 1120. The first-order valence-corrected chi connectivity index (χ1v) is 13.4. The highest BCUT2D eigenvalue weighted by molar-refractivity contribution is 7.90. The van der Waals surface area contributed by atoms with Crippen molar-refractivity contribution in [3.63, 3.8) is 0 Å². The van der Waals surface area contributed by atoms with E-state index in [1.165, 1.54) is 0 Å². The van der Waals surface area contributed by atoms with Gasteiger partial charge in [-0.15, -0.1) is 15.3 Å². The largest absolute Gasteiger partial charge is 0.481 e. The third-order valence-corrected chi connectivity index (χ3v) is 6.71. The van der Waals surface area contributed by atoms with Crippen LogP contribution in [0.5, 0.6) is 0 Å². The number of carboxylic acid groups (broad SMARTS) is 1. The number of unbranched alkanes of at least 4 members (excludes halogenated alkanes) is 1. The number of rotatable bonds is 19. The molecule has 19 heteroatoms. The van der Waals surface area contributed by atoms with E-state index in [-0.39, 0.29) is 44.2 Å². The molecule has 2 amide bonds. The van der Waals surface area contributed by atoms with Crippen molar-refractivity contribution in [2.45, 2.75) is 56.9 Å². The lowest BCUT2D eigenvalue weighted by Crippen LogP contribution is -2.40. The van der Waals surface area contributed by atoms with Gasteiger partial charge in [-0.1, -0.05) is 5.21 Å².